The Morgan fingerprint density at radius 3 is 2.64 bits per heavy atom. The lowest BCUT2D eigenvalue weighted by molar-refractivity contribution is -0.121. The predicted molar refractivity (Wildman–Crippen MR) is 84.6 cm³/mol. The van der Waals surface area contributed by atoms with Gasteiger partial charge in [-0.1, -0.05) is 0 Å². The maximum absolute atomic E-state index is 12.3. The van der Waals surface area contributed by atoms with E-state index in [0.717, 1.165) is 11.3 Å². The second-order valence-electron chi connectivity index (χ2n) is 5.91. The fourth-order valence-corrected chi connectivity index (χ4v) is 3.73. The summed E-state index contributed by atoms with van der Waals surface area (Å²) >= 11 is 0. The van der Waals surface area contributed by atoms with E-state index in [4.69, 9.17) is 4.74 Å². The molecule has 1 heterocycles. The molecule has 122 valence electrons. The van der Waals surface area contributed by atoms with E-state index in [1.165, 1.54) is 6.07 Å². The Bertz CT molecular complexity index is 683. The molecule has 2 rings (SSSR count). The lowest BCUT2D eigenvalue weighted by Gasteiger charge is -2.16. The number of nitrogens with one attached hydrogen (secondary N) is 1. The molecule has 0 fully saturated rings. The van der Waals surface area contributed by atoms with E-state index in [1.54, 1.807) is 45.0 Å². The number of fused-ring (bicyclic) bond motifs is 1. The van der Waals surface area contributed by atoms with Crippen LogP contribution < -0.4 is 9.62 Å². The van der Waals surface area contributed by atoms with E-state index in [0.29, 0.717) is 19.6 Å². The first-order chi connectivity index (χ1) is 10.2. The highest BCUT2D eigenvalue weighted by molar-refractivity contribution is 7.89. The molecule has 0 saturated heterocycles. The molecule has 1 aliphatic heterocycles. The summed E-state index contributed by atoms with van der Waals surface area (Å²) in [7, 11) is -0.307. The maximum atomic E-state index is 12.3. The van der Waals surface area contributed by atoms with Crippen LogP contribution in [0.1, 0.15) is 25.8 Å². The van der Waals surface area contributed by atoms with E-state index in [2.05, 4.69) is 4.72 Å². The zero-order valence-corrected chi connectivity index (χ0v) is 14.2. The van der Waals surface area contributed by atoms with Crippen molar-refractivity contribution in [2.45, 2.75) is 30.6 Å². The third-order valence-electron chi connectivity index (χ3n) is 3.97. The van der Waals surface area contributed by atoms with Crippen LogP contribution in [-0.2, 0) is 25.0 Å². The maximum Gasteiger partial charge on any atom is 0.240 e. The van der Waals surface area contributed by atoms with Crippen LogP contribution in [-0.4, -0.2) is 41.6 Å². The number of hydrogen-bond donors (Lipinski definition) is 1. The van der Waals surface area contributed by atoms with Gasteiger partial charge in [0.2, 0.25) is 15.9 Å². The average Bonchev–Trinajstić information content (AvgIpc) is 2.65. The molecule has 22 heavy (non-hydrogen) atoms. The molecule has 0 saturated carbocycles. The van der Waals surface area contributed by atoms with Gasteiger partial charge in [-0.05, 0) is 44.0 Å². The first kappa shape index (κ1) is 16.9. The van der Waals surface area contributed by atoms with Crippen molar-refractivity contribution in [3.63, 3.8) is 0 Å². The van der Waals surface area contributed by atoms with Gasteiger partial charge in [-0.2, -0.15) is 0 Å². The number of ether oxygens (including phenoxy) is 1. The molecule has 0 aromatic heterocycles. The fraction of sp³-hybridized carbons (Fsp3) is 0.533. The molecule has 1 N–H and O–H groups in total. The summed E-state index contributed by atoms with van der Waals surface area (Å²) in [5.41, 5.74) is 0.777. The smallest absolute Gasteiger partial charge is 0.240 e. The van der Waals surface area contributed by atoms with Gasteiger partial charge in [0.25, 0.3) is 0 Å². The minimum Gasteiger partial charge on any atom is -0.385 e. The number of carbonyl (C=O) groups is 1. The lowest BCUT2D eigenvalue weighted by Crippen LogP contribution is -2.33. The number of carbonyl (C=O) groups excluding carboxylic acids is 1. The molecule has 0 aliphatic carbocycles. The van der Waals surface area contributed by atoms with Crippen LogP contribution in [0.25, 0.3) is 0 Å². The van der Waals surface area contributed by atoms with E-state index >= 15 is 0 Å². The number of benzene rings is 1. The standard InChI is InChI=1S/C15H22N2O4S/c1-15(2)12-10-11(6-7-13(12)17(3)14(15)18)22(19,20)16-8-5-9-21-4/h6-7,10,16H,5,8-9H2,1-4H3. The van der Waals surface area contributed by atoms with Crippen LogP contribution in [0.4, 0.5) is 5.69 Å². The first-order valence-electron chi connectivity index (χ1n) is 7.13. The van der Waals surface area contributed by atoms with Gasteiger partial charge < -0.3 is 9.64 Å². The van der Waals surface area contributed by atoms with Crippen LogP contribution in [0.15, 0.2) is 23.1 Å². The number of hydrogen-bond acceptors (Lipinski definition) is 4. The highest BCUT2D eigenvalue weighted by Gasteiger charge is 2.42. The van der Waals surface area contributed by atoms with E-state index in [1.807, 2.05) is 0 Å². The Morgan fingerprint density at radius 2 is 2.00 bits per heavy atom. The number of anilines is 1. The molecule has 0 radical (unpaired) electrons. The number of amides is 1. The Kier molecular flexibility index (Phi) is 4.60. The van der Waals surface area contributed by atoms with Gasteiger partial charge in [-0.25, -0.2) is 13.1 Å². The fourth-order valence-electron chi connectivity index (χ4n) is 2.63. The molecule has 1 aromatic rings. The van der Waals surface area contributed by atoms with Crippen LogP contribution in [0.3, 0.4) is 0 Å². The van der Waals surface area contributed by atoms with Crippen molar-refractivity contribution < 1.29 is 17.9 Å². The van der Waals surface area contributed by atoms with Gasteiger partial charge in [0.05, 0.1) is 10.3 Å². The summed E-state index contributed by atoms with van der Waals surface area (Å²) < 4.78 is 32.1. The summed E-state index contributed by atoms with van der Waals surface area (Å²) in [5.74, 6) is -0.0369. The number of rotatable bonds is 6. The molecule has 6 nitrogen and oxygen atoms in total. The Balaban J connectivity index is 2.29. The number of methoxy groups -OCH3 is 1. The second-order valence-corrected chi connectivity index (χ2v) is 7.68. The summed E-state index contributed by atoms with van der Waals surface area (Å²) in [6, 6.07) is 4.81. The van der Waals surface area contributed by atoms with Gasteiger partial charge in [0, 0.05) is 33.0 Å². The van der Waals surface area contributed by atoms with Crippen LogP contribution in [0, 0.1) is 0 Å². The molecule has 0 spiro atoms. The predicted octanol–water partition coefficient (Wildman–Crippen LogP) is 1.26. The molecule has 0 bridgehead atoms. The minimum atomic E-state index is -3.58. The summed E-state index contributed by atoms with van der Waals surface area (Å²) in [6.07, 6.45) is 0.605. The normalized spacial score (nSPS) is 16.9. The Labute approximate surface area is 131 Å². The monoisotopic (exact) mass is 326 g/mol. The second kappa shape index (κ2) is 5.98. The van der Waals surface area contributed by atoms with Crippen molar-refractivity contribution in [2.24, 2.45) is 0 Å². The average molecular weight is 326 g/mol. The molecule has 0 unspecified atom stereocenters. The summed E-state index contributed by atoms with van der Waals surface area (Å²) in [5, 5.41) is 0. The topological polar surface area (TPSA) is 75.7 Å². The molecule has 7 heteroatoms. The number of nitrogens with zero attached hydrogens (tertiary/aromatic N) is 1. The van der Waals surface area contributed by atoms with Gasteiger partial charge in [-0.15, -0.1) is 0 Å². The van der Waals surface area contributed by atoms with Crippen molar-refractivity contribution in [1.29, 1.82) is 0 Å². The van der Waals surface area contributed by atoms with E-state index in [9.17, 15) is 13.2 Å². The van der Waals surface area contributed by atoms with Crippen molar-refractivity contribution in [3.8, 4) is 0 Å². The molecular weight excluding hydrogens is 304 g/mol. The third-order valence-corrected chi connectivity index (χ3v) is 5.43. The van der Waals surface area contributed by atoms with E-state index in [-0.39, 0.29) is 10.8 Å². The zero-order valence-electron chi connectivity index (χ0n) is 13.3. The Hall–Kier alpha value is -1.44. The van der Waals surface area contributed by atoms with Gasteiger partial charge >= 0.3 is 0 Å². The summed E-state index contributed by atoms with van der Waals surface area (Å²) in [6.45, 7) is 4.43. The lowest BCUT2D eigenvalue weighted by atomic mass is 9.86. The first-order valence-corrected chi connectivity index (χ1v) is 8.61. The number of likely N-dealkylation sites (N-methyl/N-ethyl adjacent to an activating group) is 1. The SMILES string of the molecule is COCCCNS(=O)(=O)c1ccc2c(c1)C(C)(C)C(=O)N2C. The van der Waals surface area contributed by atoms with Gasteiger partial charge in [-0.3, -0.25) is 4.79 Å². The highest BCUT2D eigenvalue weighted by atomic mass is 32.2. The molecule has 1 aliphatic rings. The minimum absolute atomic E-state index is 0.0369. The molecule has 1 aromatic carbocycles. The van der Waals surface area contributed by atoms with Crippen molar-refractivity contribution in [2.75, 3.05) is 32.2 Å². The highest BCUT2D eigenvalue weighted by Crippen LogP contribution is 2.41. The van der Waals surface area contributed by atoms with Crippen LogP contribution in [0.5, 0.6) is 0 Å². The van der Waals surface area contributed by atoms with Gasteiger partial charge in [0.15, 0.2) is 0 Å². The molecule has 1 amide bonds. The molecular formula is C15H22N2O4S. The van der Waals surface area contributed by atoms with Crippen molar-refractivity contribution in [3.05, 3.63) is 23.8 Å². The van der Waals surface area contributed by atoms with Crippen molar-refractivity contribution in [1.82, 2.24) is 4.72 Å². The van der Waals surface area contributed by atoms with Crippen LogP contribution >= 0.6 is 0 Å². The largest absolute Gasteiger partial charge is 0.385 e. The third kappa shape index (κ3) is 2.88. The summed E-state index contributed by atoms with van der Waals surface area (Å²) in [4.78, 5) is 14.0. The zero-order chi connectivity index (χ0) is 16.5. The Morgan fingerprint density at radius 1 is 1.32 bits per heavy atom. The van der Waals surface area contributed by atoms with Crippen molar-refractivity contribution >= 4 is 21.6 Å². The van der Waals surface area contributed by atoms with Crippen LogP contribution in [0.2, 0.25) is 0 Å². The van der Waals surface area contributed by atoms with Gasteiger partial charge in [0.1, 0.15) is 0 Å². The quantitative estimate of drug-likeness (QED) is 0.799. The number of sulfonamides is 1. The molecule has 0 atom stereocenters. The van der Waals surface area contributed by atoms with E-state index < -0.39 is 15.4 Å².